The summed E-state index contributed by atoms with van der Waals surface area (Å²) in [5.41, 5.74) is 1.79. The smallest absolute Gasteiger partial charge is 0.333 e. The van der Waals surface area contributed by atoms with Gasteiger partial charge in [-0.3, -0.25) is 4.79 Å². The minimum absolute atomic E-state index is 0.215. The molecule has 0 aromatic rings. The summed E-state index contributed by atoms with van der Waals surface area (Å²) < 4.78 is 5.07. The van der Waals surface area contributed by atoms with Gasteiger partial charge >= 0.3 is 5.97 Å². The zero-order valence-corrected chi connectivity index (χ0v) is 10.9. The maximum Gasteiger partial charge on any atom is 0.333 e. The molecule has 0 fully saturated rings. The van der Waals surface area contributed by atoms with Crippen LogP contribution in [-0.4, -0.2) is 18.4 Å². The van der Waals surface area contributed by atoms with Crippen LogP contribution in [0, 0.1) is 0 Å². The fourth-order valence-electron chi connectivity index (χ4n) is 2.17. The summed E-state index contributed by atoms with van der Waals surface area (Å²) >= 11 is 0. The molecule has 0 heterocycles. The summed E-state index contributed by atoms with van der Waals surface area (Å²) in [6, 6.07) is 0. The molecule has 0 radical (unpaired) electrons. The van der Waals surface area contributed by atoms with Crippen molar-refractivity contribution in [3.63, 3.8) is 0 Å². The van der Waals surface area contributed by atoms with Crippen LogP contribution in [0.15, 0.2) is 11.1 Å². The van der Waals surface area contributed by atoms with Crippen LogP contribution < -0.4 is 0 Å². The molecule has 17 heavy (non-hydrogen) atoms. The number of ketones is 1. The molecule has 0 atom stereocenters. The Morgan fingerprint density at radius 2 is 2.06 bits per heavy atom. The van der Waals surface area contributed by atoms with E-state index in [0.29, 0.717) is 25.9 Å². The van der Waals surface area contributed by atoms with Crippen molar-refractivity contribution in [1.29, 1.82) is 0 Å². The molecule has 96 valence electrons. The van der Waals surface area contributed by atoms with Gasteiger partial charge in [-0.25, -0.2) is 4.79 Å². The molecule has 3 nitrogen and oxygen atoms in total. The third-order valence-electron chi connectivity index (χ3n) is 3.07. The van der Waals surface area contributed by atoms with Gasteiger partial charge in [0.1, 0.15) is 5.78 Å². The summed E-state index contributed by atoms with van der Waals surface area (Å²) in [5, 5.41) is 0. The molecule has 0 aliphatic heterocycles. The maximum absolute atomic E-state index is 11.8. The first-order chi connectivity index (χ1) is 8.19. The van der Waals surface area contributed by atoms with E-state index in [0.717, 1.165) is 36.8 Å². The first-order valence-corrected chi connectivity index (χ1v) is 6.58. The highest BCUT2D eigenvalue weighted by molar-refractivity contribution is 5.92. The van der Waals surface area contributed by atoms with Crippen LogP contribution in [0.25, 0.3) is 0 Å². The summed E-state index contributed by atoms with van der Waals surface area (Å²) in [6.45, 7) is 4.33. The number of esters is 1. The van der Waals surface area contributed by atoms with Crippen LogP contribution in [0.4, 0.5) is 0 Å². The molecule has 0 spiro atoms. The van der Waals surface area contributed by atoms with Crippen molar-refractivity contribution in [3.05, 3.63) is 11.1 Å². The second kappa shape index (κ2) is 7.25. The van der Waals surface area contributed by atoms with E-state index in [9.17, 15) is 9.59 Å². The van der Waals surface area contributed by atoms with Gasteiger partial charge in [0.05, 0.1) is 6.61 Å². The molecule has 3 heteroatoms. The zero-order valence-electron chi connectivity index (χ0n) is 10.9. The van der Waals surface area contributed by atoms with Crippen LogP contribution in [0.5, 0.6) is 0 Å². The van der Waals surface area contributed by atoms with Gasteiger partial charge in [0.25, 0.3) is 0 Å². The Balaban J connectivity index is 2.85. The standard InChI is InChI=1S/C14H22O3/c1-3-5-7-11-10-12(15)8-6-9-13(11)14(16)17-4-2/h3-10H2,1-2H3. The van der Waals surface area contributed by atoms with E-state index in [1.54, 1.807) is 0 Å². The fourth-order valence-corrected chi connectivity index (χ4v) is 2.17. The SMILES string of the molecule is CCCCC1=C(C(=O)OCC)CCCC(=O)C1. The molecule has 1 rings (SSSR count). The van der Waals surface area contributed by atoms with E-state index in [1.165, 1.54) is 0 Å². The molecule has 0 bridgehead atoms. The average Bonchev–Trinajstić information content (AvgIpc) is 2.48. The van der Waals surface area contributed by atoms with Crippen LogP contribution in [0.1, 0.15) is 58.8 Å². The predicted molar refractivity (Wildman–Crippen MR) is 66.7 cm³/mol. The highest BCUT2D eigenvalue weighted by Gasteiger charge is 2.21. The number of carbonyl (C=O) groups excluding carboxylic acids is 2. The minimum Gasteiger partial charge on any atom is -0.463 e. The van der Waals surface area contributed by atoms with E-state index < -0.39 is 0 Å². The number of ether oxygens (including phenoxy) is 1. The third-order valence-corrected chi connectivity index (χ3v) is 3.07. The lowest BCUT2D eigenvalue weighted by Gasteiger charge is -2.11. The minimum atomic E-state index is -0.215. The Kier molecular flexibility index (Phi) is 5.95. The molecule has 0 aromatic heterocycles. The van der Waals surface area contributed by atoms with Crippen LogP contribution in [-0.2, 0) is 14.3 Å². The van der Waals surface area contributed by atoms with Gasteiger partial charge in [0.15, 0.2) is 0 Å². The summed E-state index contributed by atoms with van der Waals surface area (Å²) in [6.07, 6.45) is 5.49. The second-order valence-electron chi connectivity index (χ2n) is 4.48. The average molecular weight is 238 g/mol. The van der Waals surface area contributed by atoms with Gasteiger partial charge in [-0.15, -0.1) is 0 Å². The molecular formula is C14H22O3. The Hall–Kier alpha value is -1.12. The molecule has 0 N–H and O–H groups in total. The highest BCUT2D eigenvalue weighted by Crippen LogP contribution is 2.26. The molecular weight excluding hydrogens is 216 g/mol. The molecule has 0 unspecified atom stereocenters. The first kappa shape index (κ1) is 13.9. The largest absolute Gasteiger partial charge is 0.463 e. The van der Waals surface area contributed by atoms with E-state index in [4.69, 9.17) is 4.74 Å². The summed E-state index contributed by atoms with van der Waals surface area (Å²) in [7, 11) is 0. The number of carbonyl (C=O) groups is 2. The molecule has 0 saturated carbocycles. The normalized spacial score (nSPS) is 16.9. The van der Waals surface area contributed by atoms with Gasteiger partial charge in [-0.2, -0.15) is 0 Å². The van der Waals surface area contributed by atoms with Crippen molar-refractivity contribution >= 4 is 11.8 Å². The molecule has 0 amide bonds. The monoisotopic (exact) mass is 238 g/mol. The van der Waals surface area contributed by atoms with Crippen molar-refractivity contribution in [2.45, 2.75) is 58.8 Å². The molecule has 0 aromatic carbocycles. The lowest BCUT2D eigenvalue weighted by Crippen LogP contribution is -2.10. The number of allylic oxidation sites excluding steroid dienone is 1. The van der Waals surface area contributed by atoms with Gasteiger partial charge in [0.2, 0.25) is 0 Å². The molecule has 1 aliphatic carbocycles. The van der Waals surface area contributed by atoms with Crippen molar-refractivity contribution in [2.24, 2.45) is 0 Å². The molecule has 0 saturated heterocycles. The zero-order chi connectivity index (χ0) is 12.7. The Bertz CT molecular complexity index is 315. The highest BCUT2D eigenvalue weighted by atomic mass is 16.5. The number of unbranched alkanes of at least 4 members (excludes halogenated alkanes) is 1. The second-order valence-corrected chi connectivity index (χ2v) is 4.48. The summed E-state index contributed by atoms with van der Waals surface area (Å²) in [4.78, 5) is 23.4. The third kappa shape index (κ3) is 4.33. The van der Waals surface area contributed by atoms with Crippen molar-refractivity contribution in [2.75, 3.05) is 6.61 Å². The van der Waals surface area contributed by atoms with Gasteiger partial charge in [-0.05, 0) is 32.6 Å². The van der Waals surface area contributed by atoms with Crippen LogP contribution in [0.2, 0.25) is 0 Å². The Labute approximate surface area is 103 Å². The lowest BCUT2D eigenvalue weighted by atomic mass is 9.98. The van der Waals surface area contributed by atoms with Gasteiger partial charge in [-0.1, -0.05) is 18.9 Å². The van der Waals surface area contributed by atoms with E-state index in [1.807, 2.05) is 6.92 Å². The van der Waals surface area contributed by atoms with Crippen LogP contribution >= 0.6 is 0 Å². The number of rotatable bonds is 5. The lowest BCUT2D eigenvalue weighted by molar-refractivity contribution is -0.138. The number of Topliss-reactive ketones (excluding diaryl/α,β-unsaturated/α-hetero) is 1. The van der Waals surface area contributed by atoms with E-state index in [-0.39, 0.29) is 11.8 Å². The number of hydrogen-bond donors (Lipinski definition) is 0. The molecule has 1 aliphatic rings. The van der Waals surface area contributed by atoms with Crippen molar-refractivity contribution in [3.8, 4) is 0 Å². The Morgan fingerprint density at radius 3 is 2.71 bits per heavy atom. The van der Waals surface area contributed by atoms with Crippen molar-refractivity contribution in [1.82, 2.24) is 0 Å². The Morgan fingerprint density at radius 1 is 1.29 bits per heavy atom. The quantitative estimate of drug-likeness (QED) is 0.691. The van der Waals surface area contributed by atoms with E-state index >= 15 is 0 Å². The van der Waals surface area contributed by atoms with Crippen LogP contribution in [0.3, 0.4) is 0 Å². The maximum atomic E-state index is 11.8. The number of hydrogen-bond acceptors (Lipinski definition) is 3. The predicted octanol–water partition coefficient (Wildman–Crippen LogP) is 3.18. The topological polar surface area (TPSA) is 43.4 Å². The fraction of sp³-hybridized carbons (Fsp3) is 0.714. The van der Waals surface area contributed by atoms with Gasteiger partial charge < -0.3 is 4.74 Å². The summed E-state index contributed by atoms with van der Waals surface area (Å²) in [5.74, 6) is 0.0451. The first-order valence-electron chi connectivity index (χ1n) is 6.58. The van der Waals surface area contributed by atoms with Crippen molar-refractivity contribution < 1.29 is 14.3 Å². The van der Waals surface area contributed by atoms with Gasteiger partial charge in [0, 0.05) is 18.4 Å². The van der Waals surface area contributed by atoms with E-state index in [2.05, 4.69) is 6.92 Å².